The second-order valence-electron chi connectivity index (χ2n) is 7.96. The van der Waals surface area contributed by atoms with Crippen LogP contribution in [-0.4, -0.2) is 8.80 Å². The molecule has 5 heteroatoms. The summed E-state index contributed by atoms with van der Waals surface area (Å²) in [7, 11) is -1.43. The molecule has 0 spiro atoms. The van der Waals surface area contributed by atoms with E-state index in [9.17, 15) is 0 Å². The van der Waals surface area contributed by atoms with Gasteiger partial charge in [0.2, 0.25) is 0 Å². The topological polar surface area (TPSA) is 0 Å². The maximum Gasteiger partial charge on any atom is -1.00 e. The third-order valence-corrected chi connectivity index (χ3v) is 10.1. The van der Waals surface area contributed by atoms with Crippen molar-refractivity contribution in [1.82, 2.24) is 0 Å². The molecule has 0 amide bonds. The zero-order chi connectivity index (χ0) is 19.0. The zero-order valence-corrected chi connectivity index (χ0v) is 23.1. The fraction of sp³-hybridized carbons (Fsp3) is 0.333. The molecule has 0 saturated heterocycles. The van der Waals surface area contributed by atoms with Crippen molar-refractivity contribution in [2.45, 2.75) is 54.4 Å². The Morgan fingerprint density at radius 1 is 0.724 bits per heavy atom. The van der Waals surface area contributed by atoms with Gasteiger partial charge < -0.3 is 37.2 Å². The summed E-state index contributed by atoms with van der Waals surface area (Å²) < 4.78 is 1.58. The van der Waals surface area contributed by atoms with Gasteiger partial charge in [-0.2, -0.15) is 0 Å². The molecule has 0 saturated carbocycles. The van der Waals surface area contributed by atoms with Crippen LogP contribution in [0.4, 0.5) is 0 Å². The molecule has 0 heterocycles. The number of allylic oxidation sites excluding steroid dienone is 4. The predicted molar refractivity (Wildman–Crippen MR) is 113 cm³/mol. The smallest absolute Gasteiger partial charge is 1.00 e. The maximum atomic E-state index is 2.45. The van der Waals surface area contributed by atoms with Crippen molar-refractivity contribution in [2.75, 3.05) is 0 Å². The Morgan fingerprint density at radius 2 is 1.10 bits per heavy atom. The molecule has 0 unspecified atom stereocenters. The number of aryl methyl sites for hydroxylation is 4. The van der Waals surface area contributed by atoms with E-state index in [-0.39, 0.29) is 37.2 Å². The van der Waals surface area contributed by atoms with E-state index in [1.807, 2.05) is 0 Å². The van der Waals surface area contributed by atoms with Gasteiger partial charge in [-0.15, -0.1) is 0 Å². The van der Waals surface area contributed by atoms with Crippen LogP contribution in [0.1, 0.15) is 48.9 Å². The molecule has 154 valence electrons. The van der Waals surface area contributed by atoms with Gasteiger partial charge in [-0.1, -0.05) is 0 Å². The minimum Gasteiger partial charge on any atom is -1.00 e. The zero-order valence-electron chi connectivity index (χ0n) is 18.1. The van der Waals surface area contributed by atoms with Gasteiger partial charge in [0.25, 0.3) is 0 Å². The Balaban J connectivity index is 0.00000261. The second kappa shape index (κ2) is 11.9. The van der Waals surface area contributed by atoms with Crippen LogP contribution in [0.3, 0.4) is 0 Å². The average Bonchev–Trinajstić information content (AvgIpc) is 2.80. The van der Waals surface area contributed by atoms with Crippen LogP contribution >= 0.6 is 0 Å². The Morgan fingerprint density at radius 3 is 1.41 bits per heavy atom. The molecule has 0 atom stereocenters. The van der Waals surface area contributed by atoms with Crippen molar-refractivity contribution in [3.63, 3.8) is 0 Å². The molecule has 2 aromatic rings. The first-order valence-electron chi connectivity index (χ1n) is 9.60. The molecule has 0 nitrogen and oxygen atoms in total. The first kappa shape index (κ1) is 28.7. The van der Waals surface area contributed by atoms with Gasteiger partial charge in [0, 0.05) is 0 Å². The number of benzene rings is 2. The minimum atomic E-state index is -1.43. The Hall–Kier alpha value is -0.279. The molecule has 3 rings (SSSR count). The molecule has 2 aromatic carbocycles. The molecule has 0 N–H and O–H groups in total. The summed E-state index contributed by atoms with van der Waals surface area (Å²) in [5, 5.41) is 4.88. The largest absolute Gasteiger partial charge is 1.00 e. The maximum absolute atomic E-state index is 2.45. The van der Waals surface area contributed by atoms with Gasteiger partial charge in [-0.3, -0.25) is 0 Å². The van der Waals surface area contributed by atoms with E-state index in [1.165, 1.54) is 28.7 Å². The van der Waals surface area contributed by atoms with Crippen molar-refractivity contribution in [3.8, 4) is 0 Å². The van der Waals surface area contributed by atoms with Crippen molar-refractivity contribution in [2.24, 2.45) is 0 Å². The summed E-state index contributed by atoms with van der Waals surface area (Å²) in [6, 6.07) is 14.4. The summed E-state index contributed by atoms with van der Waals surface area (Å²) >= 11 is 2.37. The van der Waals surface area contributed by atoms with Crippen molar-refractivity contribution >= 4 is 19.2 Å². The molecular formula is C24H29Cl3SiTi. The number of hydrogen-bond donors (Lipinski definition) is 0. The molecule has 1 aliphatic carbocycles. The van der Waals surface area contributed by atoms with Crippen molar-refractivity contribution < 1.29 is 57.7 Å². The van der Waals surface area contributed by atoms with Crippen LogP contribution in [0.25, 0.3) is 0 Å². The van der Waals surface area contributed by atoms with Crippen molar-refractivity contribution in [1.29, 1.82) is 0 Å². The Bertz CT molecular complexity index is 840. The van der Waals surface area contributed by atoms with E-state index in [1.54, 1.807) is 30.6 Å². The van der Waals surface area contributed by atoms with Crippen molar-refractivity contribution in [3.05, 3.63) is 78.9 Å². The van der Waals surface area contributed by atoms with E-state index in [4.69, 9.17) is 0 Å². The van der Waals surface area contributed by atoms with Crippen LogP contribution < -0.4 is 47.6 Å². The van der Waals surface area contributed by atoms with Gasteiger partial charge in [-0.05, 0) is 0 Å². The van der Waals surface area contributed by atoms with Crippen LogP contribution in [0.15, 0.2) is 56.6 Å². The number of halogens is 3. The first-order valence-corrected chi connectivity index (χ1v) is 12.1. The summed E-state index contributed by atoms with van der Waals surface area (Å²) in [5.74, 6) is 0. The Labute approximate surface area is 208 Å². The molecule has 0 aliphatic heterocycles. The molecule has 0 radical (unpaired) electrons. The van der Waals surface area contributed by atoms with Crippen LogP contribution in [0, 0.1) is 27.7 Å². The van der Waals surface area contributed by atoms with Gasteiger partial charge in [0.05, 0.1) is 0 Å². The molecule has 0 aromatic heterocycles. The van der Waals surface area contributed by atoms with E-state index < -0.39 is 8.80 Å². The SMILES string of the molecule is CCC1=C(C)CC([SiH](c2cc(C)cc(C)c2)c2cc(C)cc(C)c2)=[C]1[Ti+3].[Cl-].[Cl-].[Cl-]. The van der Waals surface area contributed by atoms with Crippen LogP contribution in [0.5, 0.6) is 0 Å². The van der Waals surface area contributed by atoms with Crippen LogP contribution in [0.2, 0.25) is 0 Å². The fourth-order valence-corrected chi connectivity index (χ4v) is 9.87. The monoisotopic (exact) mass is 498 g/mol. The molecular weight excluding hydrogens is 471 g/mol. The molecule has 1 aliphatic rings. The average molecular weight is 500 g/mol. The van der Waals surface area contributed by atoms with E-state index in [2.05, 4.69) is 98.4 Å². The first-order chi connectivity index (χ1) is 12.3. The van der Waals surface area contributed by atoms with E-state index in [0.29, 0.717) is 0 Å². The number of hydrogen-bond acceptors (Lipinski definition) is 0. The molecule has 0 fully saturated rings. The van der Waals surface area contributed by atoms with E-state index in [0.717, 1.165) is 6.42 Å². The molecule has 29 heavy (non-hydrogen) atoms. The van der Waals surface area contributed by atoms with Gasteiger partial charge in [-0.25, -0.2) is 0 Å². The summed E-state index contributed by atoms with van der Waals surface area (Å²) in [5.41, 5.74) is 8.74. The normalized spacial score (nSPS) is 13.3. The van der Waals surface area contributed by atoms with E-state index >= 15 is 0 Å². The third-order valence-electron chi connectivity index (χ3n) is 5.45. The minimum absolute atomic E-state index is 0. The molecule has 0 bridgehead atoms. The standard InChI is InChI=1S/C24H29Si.3ClH.Ti/c1-7-21-15-24(14-20(21)6)25(22-10-16(2)8-17(3)11-22)23-12-18(4)9-19(5)13-23;;;;/h8-13,25H,7,14H2,1-6H3;3*1H;/q;;;;+3/p-3. The summed E-state index contributed by atoms with van der Waals surface area (Å²) in [4.78, 5) is 0. The van der Waals surface area contributed by atoms with Gasteiger partial charge in [0.15, 0.2) is 0 Å². The Kier molecular flexibility index (Phi) is 11.8. The summed E-state index contributed by atoms with van der Waals surface area (Å²) in [6.45, 7) is 13.6. The number of rotatable bonds is 4. The third kappa shape index (κ3) is 6.35. The van der Waals surface area contributed by atoms with Crippen LogP contribution in [-0.2, 0) is 20.4 Å². The predicted octanol–water partition coefficient (Wildman–Crippen LogP) is -4.26. The van der Waals surface area contributed by atoms with Gasteiger partial charge >= 0.3 is 173 Å². The summed E-state index contributed by atoms with van der Waals surface area (Å²) in [6.07, 6.45) is 2.33. The quantitative estimate of drug-likeness (QED) is 0.374. The van der Waals surface area contributed by atoms with Gasteiger partial charge in [0.1, 0.15) is 0 Å². The second-order valence-corrected chi connectivity index (χ2v) is 11.6. The fourth-order valence-electron chi connectivity index (χ4n) is 4.56.